The van der Waals surface area contributed by atoms with Gasteiger partial charge in [-0.2, -0.15) is 5.10 Å². The number of rotatable bonds is 5. The minimum atomic E-state index is -0.280. The van der Waals surface area contributed by atoms with Crippen molar-refractivity contribution in [1.82, 2.24) is 24.7 Å². The number of nitrogens with zero attached hydrogens (tertiary/aromatic N) is 6. The summed E-state index contributed by atoms with van der Waals surface area (Å²) in [7, 11) is 0. The first-order valence-electron chi connectivity index (χ1n) is 11.4. The van der Waals surface area contributed by atoms with E-state index >= 15 is 0 Å². The van der Waals surface area contributed by atoms with E-state index in [1.54, 1.807) is 64.7 Å². The van der Waals surface area contributed by atoms with E-state index in [1.807, 2.05) is 32.9 Å². The second-order valence-corrected chi connectivity index (χ2v) is 8.81. The lowest BCUT2D eigenvalue weighted by Gasteiger charge is -2.17. The molecule has 0 fully saturated rings. The Bertz CT molecular complexity index is 1380. The van der Waals surface area contributed by atoms with Gasteiger partial charge in [-0.3, -0.25) is 19.3 Å². The molecule has 176 valence electrons. The third-order valence-corrected chi connectivity index (χ3v) is 5.97. The molecule has 35 heavy (non-hydrogen) atoms. The van der Waals surface area contributed by atoms with Gasteiger partial charge in [0.25, 0.3) is 11.8 Å². The van der Waals surface area contributed by atoms with Gasteiger partial charge in [-0.05, 0) is 68.3 Å². The highest BCUT2D eigenvalue weighted by molar-refractivity contribution is 6.08. The molecule has 9 heteroatoms. The van der Waals surface area contributed by atoms with Crippen molar-refractivity contribution in [2.24, 2.45) is 0 Å². The molecular weight excluding hydrogens is 442 g/mol. The lowest BCUT2D eigenvalue weighted by molar-refractivity contribution is 0.0982. The quantitative estimate of drug-likeness (QED) is 0.476. The van der Waals surface area contributed by atoms with Crippen LogP contribution in [0.4, 0.5) is 11.5 Å². The first kappa shape index (κ1) is 22.4. The summed E-state index contributed by atoms with van der Waals surface area (Å²) in [5.74, 6) is 0.315. The van der Waals surface area contributed by atoms with Gasteiger partial charge in [-0.15, -0.1) is 0 Å². The summed E-state index contributed by atoms with van der Waals surface area (Å²) < 4.78 is 1.79. The molecule has 0 bridgehead atoms. The monoisotopic (exact) mass is 467 g/mol. The smallest absolute Gasteiger partial charge is 0.276 e. The number of aromatic nitrogens is 5. The Balaban J connectivity index is 1.51. The molecule has 3 aromatic heterocycles. The molecule has 1 aliphatic rings. The van der Waals surface area contributed by atoms with Gasteiger partial charge in [0, 0.05) is 36.2 Å². The number of hydrogen-bond donors (Lipinski definition) is 1. The first-order valence-corrected chi connectivity index (χ1v) is 11.4. The summed E-state index contributed by atoms with van der Waals surface area (Å²) in [6.07, 6.45) is 4.99. The molecule has 1 unspecified atom stereocenters. The summed E-state index contributed by atoms with van der Waals surface area (Å²) in [5.41, 5.74) is 3.37. The number of hydrogen-bond acceptors (Lipinski definition) is 6. The first-order chi connectivity index (χ1) is 16.9. The van der Waals surface area contributed by atoms with Gasteiger partial charge >= 0.3 is 0 Å². The predicted octanol–water partition coefficient (Wildman–Crippen LogP) is 4.00. The molecule has 0 aliphatic carbocycles. The second kappa shape index (κ2) is 9.09. The molecule has 0 radical (unpaired) electrons. The van der Waals surface area contributed by atoms with E-state index in [0.29, 0.717) is 29.4 Å². The number of nitrogens with one attached hydrogen (secondary N) is 1. The Labute approximate surface area is 202 Å². The van der Waals surface area contributed by atoms with Crippen molar-refractivity contribution >= 4 is 23.3 Å². The third kappa shape index (κ3) is 4.40. The van der Waals surface area contributed by atoms with Crippen LogP contribution in [0.3, 0.4) is 0 Å². The third-order valence-electron chi connectivity index (χ3n) is 5.97. The van der Waals surface area contributed by atoms with Gasteiger partial charge in [-0.1, -0.05) is 12.1 Å². The Morgan fingerprint density at radius 3 is 2.60 bits per heavy atom. The summed E-state index contributed by atoms with van der Waals surface area (Å²) in [5, 5.41) is 7.48. The van der Waals surface area contributed by atoms with Crippen LogP contribution in [0.25, 0.3) is 0 Å². The maximum Gasteiger partial charge on any atom is 0.276 e. The minimum Gasteiger partial charge on any atom is -0.307 e. The van der Waals surface area contributed by atoms with E-state index in [2.05, 4.69) is 25.4 Å². The Morgan fingerprint density at radius 2 is 1.91 bits per heavy atom. The normalized spacial score (nSPS) is 14.7. The van der Waals surface area contributed by atoms with E-state index in [1.165, 1.54) is 0 Å². The van der Waals surface area contributed by atoms with Crippen molar-refractivity contribution in [3.63, 3.8) is 0 Å². The van der Waals surface area contributed by atoms with Crippen molar-refractivity contribution in [2.45, 2.75) is 32.7 Å². The fourth-order valence-electron chi connectivity index (χ4n) is 4.07. The van der Waals surface area contributed by atoms with Gasteiger partial charge < -0.3 is 10.2 Å². The zero-order valence-corrected chi connectivity index (χ0v) is 19.7. The van der Waals surface area contributed by atoms with E-state index in [4.69, 9.17) is 0 Å². The van der Waals surface area contributed by atoms with Gasteiger partial charge in [0.05, 0.1) is 5.92 Å². The van der Waals surface area contributed by atoms with Crippen LogP contribution in [-0.2, 0) is 0 Å². The molecule has 2 amide bonds. The van der Waals surface area contributed by atoms with E-state index in [0.717, 1.165) is 16.8 Å². The van der Waals surface area contributed by atoms with E-state index in [9.17, 15) is 9.59 Å². The molecule has 0 saturated carbocycles. The van der Waals surface area contributed by atoms with E-state index in [-0.39, 0.29) is 23.8 Å². The van der Waals surface area contributed by atoms with Crippen LogP contribution in [0.1, 0.15) is 63.6 Å². The summed E-state index contributed by atoms with van der Waals surface area (Å²) in [6.45, 7) is 6.35. The Kier molecular flexibility index (Phi) is 5.82. The standard InChI is InChI=1S/C26H25N7O2/c1-16(2)33-15-29-24(31-33)20-14-32(26(35)21-6-4-5-11-27-21)22-9-8-18(12-19(20)22)25(34)30-23-10-7-17(3)13-28-23/h4-13,15-16,20H,14H2,1-3H3,(H,28,30,34). The molecule has 1 atom stereocenters. The predicted molar refractivity (Wildman–Crippen MR) is 132 cm³/mol. The van der Waals surface area contributed by atoms with Crippen LogP contribution in [0, 0.1) is 6.92 Å². The van der Waals surface area contributed by atoms with Gasteiger partial charge in [0.15, 0.2) is 5.82 Å². The maximum absolute atomic E-state index is 13.3. The fraction of sp³-hybridized carbons (Fsp3) is 0.231. The van der Waals surface area contributed by atoms with Crippen molar-refractivity contribution in [3.05, 3.63) is 95.5 Å². The molecule has 1 aromatic carbocycles. The van der Waals surface area contributed by atoms with E-state index < -0.39 is 0 Å². The summed E-state index contributed by atoms with van der Waals surface area (Å²) in [6, 6.07) is 14.4. The SMILES string of the molecule is Cc1ccc(NC(=O)c2ccc3c(c2)C(c2ncn(C(C)C)n2)CN3C(=O)c2ccccn2)nc1. The van der Waals surface area contributed by atoms with Crippen LogP contribution in [0.2, 0.25) is 0 Å². The molecule has 9 nitrogen and oxygen atoms in total. The van der Waals surface area contributed by atoms with Crippen LogP contribution in [-0.4, -0.2) is 43.1 Å². The molecule has 1 aliphatic heterocycles. The average molecular weight is 468 g/mol. The summed E-state index contributed by atoms with van der Waals surface area (Å²) >= 11 is 0. The van der Waals surface area contributed by atoms with Gasteiger partial charge in [0.1, 0.15) is 17.8 Å². The van der Waals surface area contributed by atoms with Crippen molar-refractivity contribution in [1.29, 1.82) is 0 Å². The number of amides is 2. The van der Waals surface area contributed by atoms with Crippen molar-refractivity contribution in [2.75, 3.05) is 16.8 Å². The van der Waals surface area contributed by atoms with Gasteiger partial charge in [0.2, 0.25) is 0 Å². The summed E-state index contributed by atoms with van der Waals surface area (Å²) in [4.78, 5) is 41.0. The van der Waals surface area contributed by atoms with Gasteiger partial charge in [-0.25, -0.2) is 9.97 Å². The highest BCUT2D eigenvalue weighted by Crippen LogP contribution is 2.40. The molecule has 0 saturated heterocycles. The Hall–Kier alpha value is -4.40. The number of anilines is 2. The zero-order chi connectivity index (χ0) is 24.5. The topological polar surface area (TPSA) is 106 Å². The van der Waals surface area contributed by atoms with Crippen molar-refractivity contribution < 1.29 is 9.59 Å². The second-order valence-electron chi connectivity index (χ2n) is 8.81. The van der Waals surface area contributed by atoms with Crippen LogP contribution < -0.4 is 10.2 Å². The number of pyridine rings is 2. The highest BCUT2D eigenvalue weighted by atomic mass is 16.2. The largest absolute Gasteiger partial charge is 0.307 e. The average Bonchev–Trinajstić information content (AvgIpc) is 3.50. The molecule has 4 aromatic rings. The maximum atomic E-state index is 13.3. The lowest BCUT2D eigenvalue weighted by atomic mass is 9.98. The number of carbonyl (C=O) groups excluding carboxylic acids is 2. The number of carbonyl (C=O) groups is 2. The van der Waals surface area contributed by atoms with Crippen molar-refractivity contribution in [3.8, 4) is 0 Å². The number of aryl methyl sites for hydroxylation is 1. The fourth-order valence-corrected chi connectivity index (χ4v) is 4.07. The molecular formula is C26H25N7O2. The minimum absolute atomic E-state index is 0.155. The molecule has 0 spiro atoms. The zero-order valence-electron chi connectivity index (χ0n) is 19.7. The molecule has 5 rings (SSSR count). The van der Waals surface area contributed by atoms with Crippen LogP contribution in [0.5, 0.6) is 0 Å². The van der Waals surface area contributed by atoms with Crippen LogP contribution in [0.15, 0.2) is 67.3 Å². The molecule has 1 N–H and O–H groups in total. The Morgan fingerprint density at radius 1 is 1.06 bits per heavy atom. The lowest BCUT2D eigenvalue weighted by Crippen LogP contribution is -2.30. The highest BCUT2D eigenvalue weighted by Gasteiger charge is 2.37. The number of benzene rings is 1. The number of fused-ring (bicyclic) bond motifs is 1. The van der Waals surface area contributed by atoms with Crippen LogP contribution >= 0.6 is 0 Å². The molecule has 4 heterocycles.